The summed E-state index contributed by atoms with van der Waals surface area (Å²) in [5.41, 5.74) is -1.75. The van der Waals surface area contributed by atoms with E-state index in [1.807, 2.05) is 0 Å². The molecule has 0 aliphatic carbocycles. The van der Waals surface area contributed by atoms with Crippen molar-refractivity contribution in [3.8, 4) is 11.5 Å². The predicted octanol–water partition coefficient (Wildman–Crippen LogP) is 4.90. The number of aliphatic imine (C=N–C) groups is 1. The van der Waals surface area contributed by atoms with Crippen molar-refractivity contribution in [1.29, 1.82) is 0 Å². The molecule has 0 saturated heterocycles. The summed E-state index contributed by atoms with van der Waals surface area (Å²) < 4.78 is 52.9. The molecular formula is C23H22F3N3O3. The summed E-state index contributed by atoms with van der Waals surface area (Å²) in [6, 6.07) is 9.93. The first-order chi connectivity index (χ1) is 15.2. The quantitative estimate of drug-likeness (QED) is 0.566. The molecule has 2 unspecified atom stereocenters. The van der Waals surface area contributed by atoms with Crippen molar-refractivity contribution in [3.05, 3.63) is 54.0 Å². The number of fused-ring (bicyclic) bond motifs is 2. The van der Waals surface area contributed by atoms with E-state index >= 15 is 0 Å². The van der Waals surface area contributed by atoms with Crippen LogP contribution in [0.2, 0.25) is 0 Å². The summed E-state index contributed by atoms with van der Waals surface area (Å²) in [6.07, 6.45) is -3.10. The van der Waals surface area contributed by atoms with Crippen LogP contribution in [-0.4, -0.2) is 46.8 Å². The number of rotatable bonds is 5. The molecule has 0 fully saturated rings. The Labute approximate surface area is 182 Å². The number of alkyl halides is 3. The third-order valence-electron chi connectivity index (χ3n) is 5.57. The zero-order valence-corrected chi connectivity index (χ0v) is 17.6. The summed E-state index contributed by atoms with van der Waals surface area (Å²) in [7, 11) is 1.48. The zero-order valence-electron chi connectivity index (χ0n) is 17.6. The van der Waals surface area contributed by atoms with Gasteiger partial charge in [-0.05, 0) is 56.0 Å². The molecule has 0 radical (unpaired) electrons. The first kappa shape index (κ1) is 22.0. The van der Waals surface area contributed by atoms with E-state index in [2.05, 4.69) is 15.0 Å². The number of nitrogens with zero attached hydrogens (tertiary/aromatic N) is 3. The third-order valence-corrected chi connectivity index (χ3v) is 5.57. The van der Waals surface area contributed by atoms with Crippen molar-refractivity contribution in [2.45, 2.75) is 37.5 Å². The molecule has 0 spiro atoms. The lowest BCUT2D eigenvalue weighted by Crippen LogP contribution is -2.48. The first-order valence-corrected chi connectivity index (χ1v) is 10.1. The van der Waals surface area contributed by atoms with Gasteiger partial charge in [0.1, 0.15) is 17.3 Å². The average molecular weight is 445 g/mol. The molecule has 32 heavy (non-hydrogen) atoms. The Kier molecular flexibility index (Phi) is 5.77. The van der Waals surface area contributed by atoms with Gasteiger partial charge < -0.3 is 14.6 Å². The summed E-state index contributed by atoms with van der Waals surface area (Å²) in [6.45, 7) is 1.98. The van der Waals surface area contributed by atoms with Crippen molar-refractivity contribution in [3.63, 3.8) is 0 Å². The van der Waals surface area contributed by atoms with Crippen LogP contribution >= 0.6 is 0 Å². The third kappa shape index (κ3) is 4.25. The standard InChI is InChI=1S/C23H22F3N3O3/c1-14-27-12-18-19(4-3-5-20(18)29-14)28-13-22(30,23(24,25)26)11-15-8-9-32-21-7-6-16(31-2)10-17(15)21/h3-7,10,12-13,15,30H,8-9,11H2,1-2H3. The maximum atomic E-state index is 14.0. The average Bonchev–Trinajstić information content (AvgIpc) is 2.76. The molecule has 1 N–H and O–H groups in total. The van der Waals surface area contributed by atoms with Gasteiger partial charge in [-0.2, -0.15) is 13.2 Å². The monoisotopic (exact) mass is 445 g/mol. The minimum Gasteiger partial charge on any atom is -0.497 e. The smallest absolute Gasteiger partial charge is 0.422 e. The summed E-state index contributed by atoms with van der Waals surface area (Å²) >= 11 is 0. The van der Waals surface area contributed by atoms with E-state index in [0.29, 0.717) is 46.4 Å². The maximum absolute atomic E-state index is 14.0. The Morgan fingerprint density at radius 3 is 2.84 bits per heavy atom. The van der Waals surface area contributed by atoms with Crippen LogP contribution in [0.5, 0.6) is 11.5 Å². The van der Waals surface area contributed by atoms with Crippen LogP contribution in [0.3, 0.4) is 0 Å². The molecule has 1 aliphatic rings. The molecule has 0 bridgehead atoms. The first-order valence-electron chi connectivity index (χ1n) is 10.1. The van der Waals surface area contributed by atoms with E-state index in [4.69, 9.17) is 9.47 Å². The van der Waals surface area contributed by atoms with Crippen LogP contribution in [0.4, 0.5) is 18.9 Å². The van der Waals surface area contributed by atoms with Crippen LogP contribution in [0, 0.1) is 6.92 Å². The molecule has 2 heterocycles. The molecule has 6 nitrogen and oxygen atoms in total. The lowest BCUT2D eigenvalue weighted by atomic mass is 9.82. The van der Waals surface area contributed by atoms with E-state index in [1.54, 1.807) is 43.3 Å². The fourth-order valence-electron chi connectivity index (χ4n) is 3.82. The largest absolute Gasteiger partial charge is 0.497 e. The van der Waals surface area contributed by atoms with Crippen LogP contribution in [0.1, 0.15) is 30.1 Å². The number of hydrogen-bond donors (Lipinski definition) is 1. The van der Waals surface area contributed by atoms with Crippen molar-refractivity contribution in [2.24, 2.45) is 4.99 Å². The highest BCUT2D eigenvalue weighted by atomic mass is 19.4. The Morgan fingerprint density at radius 1 is 1.28 bits per heavy atom. The number of halogens is 3. The van der Waals surface area contributed by atoms with Crippen molar-refractivity contribution in [2.75, 3.05) is 13.7 Å². The van der Waals surface area contributed by atoms with Crippen molar-refractivity contribution >= 4 is 22.8 Å². The highest BCUT2D eigenvalue weighted by molar-refractivity contribution is 5.91. The fraction of sp³-hybridized carbons (Fsp3) is 0.348. The molecule has 9 heteroatoms. The van der Waals surface area contributed by atoms with Crippen LogP contribution in [0.25, 0.3) is 10.9 Å². The van der Waals surface area contributed by atoms with Gasteiger partial charge in [0.05, 0.1) is 24.9 Å². The molecule has 2 atom stereocenters. The van der Waals surface area contributed by atoms with E-state index in [0.717, 1.165) is 0 Å². The minimum atomic E-state index is -4.93. The minimum absolute atomic E-state index is 0.249. The molecule has 0 amide bonds. The number of ether oxygens (including phenoxy) is 2. The van der Waals surface area contributed by atoms with Gasteiger partial charge in [0.25, 0.3) is 0 Å². The van der Waals surface area contributed by atoms with Crippen molar-refractivity contribution < 1.29 is 27.8 Å². The van der Waals surface area contributed by atoms with E-state index in [-0.39, 0.29) is 12.3 Å². The van der Waals surface area contributed by atoms with E-state index in [1.165, 1.54) is 13.3 Å². The molecular weight excluding hydrogens is 423 g/mol. The molecule has 3 aromatic rings. The fourth-order valence-corrected chi connectivity index (χ4v) is 3.82. The highest BCUT2D eigenvalue weighted by Gasteiger charge is 2.54. The molecule has 1 aliphatic heterocycles. The number of methoxy groups -OCH3 is 1. The Morgan fingerprint density at radius 2 is 2.09 bits per heavy atom. The van der Waals surface area contributed by atoms with Crippen LogP contribution in [0.15, 0.2) is 47.6 Å². The van der Waals surface area contributed by atoms with Gasteiger partial charge in [-0.15, -0.1) is 0 Å². The summed E-state index contributed by atoms with van der Waals surface area (Å²) in [4.78, 5) is 12.4. The second-order valence-electron chi connectivity index (χ2n) is 7.75. The Hall–Kier alpha value is -3.20. The molecule has 2 aromatic carbocycles. The number of aromatic nitrogens is 2. The van der Waals surface area contributed by atoms with Crippen LogP contribution < -0.4 is 9.47 Å². The predicted molar refractivity (Wildman–Crippen MR) is 114 cm³/mol. The second kappa shape index (κ2) is 8.38. The summed E-state index contributed by atoms with van der Waals surface area (Å²) in [5, 5.41) is 11.3. The molecule has 0 saturated carbocycles. The topological polar surface area (TPSA) is 76.8 Å². The maximum Gasteiger partial charge on any atom is 0.422 e. The van der Waals surface area contributed by atoms with Gasteiger partial charge in [0.15, 0.2) is 5.60 Å². The number of aryl methyl sites for hydroxylation is 1. The molecule has 168 valence electrons. The summed E-state index contributed by atoms with van der Waals surface area (Å²) in [5.74, 6) is 0.948. The van der Waals surface area contributed by atoms with Gasteiger partial charge in [-0.25, -0.2) is 9.97 Å². The lowest BCUT2D eigenvalue weighted by Gasteiger charge is -2.33. The Balaban J connectivity index is 1.70. The SMILES string of the molecule is COc1ccc2c(c1)C(CC(O)(C=Nc1cccc3nc(C)ncc13)C(F)(F)F)CCO2. The molecule has 4 rings (SSSR count). The Bertz CT molecular complexity index is 1170. The molecule has 1 aromatic heterocycles. The van der Waals surface area contributed by atoms with E-state index < -0.39 is 24.1 Å². The van der Waals surface area contributed by atoms with Gasteiger partial charge in [-0.1, -0.05) is 6.07 Å². The second-order valence-corrected chi connectivity index (χ2v) is 7.75. The van der Waals surface area contributed by atoms with E-state index in [9.17, 15) is 18.3 Å². The van der Waals surface area contributed by atoms with Crippen LogP contribution in [-0.2, 0) is 0 Å². The van der Waals surface area contributed by atoms with Crippen molar-refractivity contribution in [1.82, 2.24) is 9.97 Å². The van der Waals surface area contributed by atoms with Gasteiger partial charge >= 0.3 is 6.18 Å². The number of hydrogen-bond acceptors (Lipinski definition) is 6. The normalized spacial score (nSPS) is 18.2. The highest BCUT2D eigenvalue weighted by Crippen LogP contribution is 2.44. The number of benzene rings is 2. The zero-order chi connectivity index (χ0) is 22.9. The lowest BCUT2D eigenvalue weighted by molar-refractivity contribution is -0.232. The number of aliphatic hydroxyl groups is 1. The van der Waals surface area contributed by atoms with Gasteiger partial charge in [0, 0.05) is 23.4 Å². The van der Waals surface area contributed by atoms with Gasteiger partial charge in [-0.3, -0.25) is 4.99 Å². The van der Waals surface area contributed by atoms with Gasteiger partial charge in [0.2, 0.25) is 0 Å².